The fraction of sp³-hybridized carbons (Fsp3) is 0. The zero-order valence-corrected chi connectivity index (χ0v) is 10.4. The highest BCUT2D eigenvalue weighted by Crippen LogP contribution is 2.17. The number of aromatic nitrogens is 3. The molecule has 3 aromatic rings. The molecule has 5 nitrogen and oxygen atoms in total. The maximum Gasteiger partial charge on any atom is 0.333 e. The summed E-state index contributed by atoms with van der Waals surface area (Å²) >= 11 is 5.97. The van der Waals surface area contributed by atoms with Crippen molar-refractivity contribution in [3.8, 4) is 5.69 Å². The van der Waals surface area contributed by atoms with E-state index >= 15 is 0 Å². The molecular weight excluding hydrogens is 266 g/mol. The van der Waals surface area contributed by atoms with E-state index in [1.165, 1.54) is 6.20 Å². The van der Waals surface area contributed by atoms with Crippen LogP contribution in [0.25, 0.3) is 16.6 Å². The van der Waals surface area contributed by atoms with Gasteiger partial charge in [0.05, 0.1) is 27.8 Å². The minimum absolute atomic E-state index is 0.338. The SMILES string of the molecule is O=c1[nH]c2c(Cl)cccc2c(=O)n1-c1cccnc1. The highest BCUT2D eigenvalue weighted by Gasteiger charge is 2.10. The predicted molar refractivity (Wildman–Crippen MR) is 73.0 cm³/mol. The summed E-state index contributed by atoms with van der Waals surface area (Å²) in [7, 11) is 0. The van der Waals surface area contributed by atoms with E-state index in [0.717, 1.165) is 4.57 Å². The van der Waals surface area contributed by atoms with Gasteiger partial charge >= 0.3 is 5.69 Å². The van der Waals surface area contributed by atoms with Gasteiger partial charge in [-0.2, -0.15) is 0 Å². The molecule has 1 N–H and O–H groups in total. The zero-order chi connectivity index (χ0) is 13.4. The molecule has 0 atom stereocenters. The van der Waals surface area contributed by atoms with Gasteiger partial charge < -0.3 is 4.98 Å². The molecule has 0 bridgehead atoms. The van der Waals surface area contributed by atoms with Crippen molar-refractivity contribution in [3.63, 3.8) is 0 Å². The highest BCUT2D eigenvalue weighted by molar-refractivity contribution is 6.34. The van der Waals surface area contributed by atoms with E-state index in [-0.39, 0.29) is 0 Å². The Kier molecular flexibility index (Phi) is 2.68. The fourth-order valence-corrected chi connectivity index (χ4v) is 2.15. The highest BCUT2D eigenvalue weighted by atomic mass is 35.5. The molecule has 0 aliphatic carbocycles. The van der Waals surface area contributed by atoms with Gasteiger partial charge in [-0.1, -0.05) is 17.7 Å². The second-order valence-electron chi connectivity index (χ2n) is 3.94. The van der Waals surface area contributed by atoms with Gasteiger partial charge in [-0.3, -0.25) is 9.78 Å². The van der Waals surface area contributed by atoms with E-state index in [9.17, 15) is 9.59 Å². The number of H-pyrrole nitrogens is 1. The first-order valence-corrected chi connectivity index (χ1v) is 5.90. The number of aromatic amines is 1. The lowest BCUT2D eigenvalue weighted by Crippen LogP contribution is -2.33. The van der Waals surface area contributed by atoms with Crippen molar-refractivity contribution in [1.29, 1.82) is 0 Å². The first kappa shape index (κ1) is 11.7. The monoisotopic (exact) mass is 273 g/mol. The van der Waals surface area contributed by atoms with Gasteiger partial charge in [0.1, 0.15) is 0 Å². The molecule has 19 heavy (non-hydrogen) atoms. The van der Waals surface area contributed by atoms with Crippen LogP contribution in [0.15, 0.2) is 52.3 Å². The standard InChI is InChI=1S/C13H8ClN3O2/c14-10-5-1-4-9-11(10)16-13(19)17(12(9)18)8-3-2-6-15-7-8/h1-7H,(H,16,19). The summed E-state index contributed by atoms with van der Waals surface area (Å²) in [4.78, 5) is 30.9. The zero-order valence-electron chi connectivity index (χ0n) is 9.63. The van der Waals surface area contributed by atoms with Crippen molar-refractivity contribution >= 4 is 22.5 Å². The van der Waals surface area contributed by atoms with Gasteiger partial charge in [-0.05, 0) is 24.3 Å². The van der Waals surface area contributed by atoms with Crippen molar-refractivity contribution < 1.29 is 0 Å². The number of rotatable bonds is 1. The summed E-state index contributed by atoms with van der Waals surface area (Å²) < 4.78 is 1.03. The summed E-state index contributed by atoms with van der Waals surface area (Å²) in [5.74, 6) is 0. The van der Waals surface area contributed by atoms with Crippen LogP contribution in [0.4, 0.5) is 0 Å². The Morgan fingerprint density at radius 1 is 1.16 bits per heavy atom. The van der Waals surface area contributed by atoms with E-state index in [1.807, 2.05) is 0 Å². The predicted octanol–water partition coefficient (Wildman–Crippen LogP) is 1.73. The molecular formula is C13H8ClN3O2. The van der Waals surface area contributed by atoms with Gasteiger partial charge in [0.2, 0.25) is 0 Å². The molecule has 2 heterocycles. The average Bonchev–Trinajstić information content (AvgIpc) is 2.41. The maximum atomic E-state index is 12.4. The first-order valence-electron chi connectivity index (χ1n) is 5.52. The van der Waals surface area contributed by atoms with Crippen LogP contribution in [0.1, 0.15) is 0 Å². The quantitative estimate of drug-likeness (QED) is 0.734. The maximum absolute atomic E-state index is 12.4. The molecule has 0 saturated heterocycles. The van der Waals surface area contributed by atoms with Crippen molar-refractivity contribution in [3.05, 3.63) is 68.6 Å². The Bertz CT molecular complexity index is 868. The van der Waals surface area contributed by atoms with Crippen molar-refractivity contribution in [1.82, 2.24) is 14.5 Å². The van der Waals surface area contributed by atoms with Gasteiger partial charge in [-0.15, -0.1) is 0 Å². The normalized spacial score (nSPS) is 10.8. The molecule has 0 fully saturated rings. The lowest BCUT2D eigenvalue weighted by atomic mass is 10.2. The number of nitrogens with one attached hydrogen (secondary N) is 1. The number of fused-ring (bicyclic) bond motifs is 1. The first-order chi connectivity index (χ1) is 9.18. The third-order valence-electron chi connectivity index (χ3n) is 2.79. The van der Waals surface area contributed by atoms with E-state index in [0.29, 0.717) is 21.6 Å². The summed E-state index contributed by atoms with van der Waals surface area (Å²) in [5, 5.41) is 0.695. The van der Waals surface area contributed by atoms with Crippen molar-refractivity contribution in [2.45, 2.75) is 0 Å². The molecule has 0 radical (unpaired) electrons. The summed E-state index contributed by atoms with van der Waals surface area (Å²) in [6.07, 6.45) is 3.02. The summed E-state index contributed by atoms with van der Waals surface area (Å²) in [6.45, 7) is 0. The van der Waals surface area contributed by atoms with Crippen molar-refractivity contribution in [2.24, 2.45) is 0 Å². The Balaban J connectivity index is 2.47. The van der Waals surface area contributed by atoms with Gasteiger partial charge in [0.25, 0.3) is 5.56 Å². The van der Waals surface area contributed by atoms with Crippen LogP contribution >= 0.6 is 11.6 Å². The van der Waals surface area contributed by atoms with E-state index in [1.54, 1.807) is 36.5 Å². The van der Waals surface area contributed by atoms with Crippen LogP contribution in [-0.4, -0.2) is 14.5 Å². The third-order valence-corrected chi connectivity index (χ3v) is 3.10. The Labute approximate surface area is 112 Å². The average molecular weight is 274 g/mol. The minimum Gasteiger partial charge on any atom is -0.305 e. The number of nitrogens with zero attached hydrogens (tertiary/aromatic N) is 2. The van der Waals surface area contributed by atoms with Crippen LogP contribution in [0, 0.1) is 0 Å². The Morgan fingerprint density at radius 2 is 2.00 bits per heavy atom. The third kappa shape index (κ3) is 1.84. The van der Waals surface area contributed by atoms with E-state index in [4.69, 9.17) is 11.6 Å². The Morgan fingerprint density at radius 3 is 2.74 bits per heavy atom. The number of para-hydroxylation sites is 1. The van der Waals surface area contributed by atoms with Crippen molar-refractivity contribution in [2.75, 3.05) is 0 Å². The largest absolute Gasteiger partial charge is 0.333 e. The van der Waals surface area contributed by atoms with E-state index < -0.39 is 11.2 Å². The molecule has 1 aromatic carbocycles. The van der Waals surface area contributed by atoms with Crippen LogP contribution in [0.3, 0.4) is 0 Å². The molecule has 6 heteroatoms. The second kappa shape index (κ2) is 4.37. The van der Waals surface area contributed by atoms with Gasteiger partial charge in [-0.25, -0.2) is 9.36 Å². The lowest BCUT2D eigenvalue weighted by Gasteiger charge is -2.06. The molecule has 0 saturated carbocycles. The molecule has 94 valence electrons. The fourth-order valence-electron chi connectivity index (χ4n) is 1.93. The van der Waals surface area contributed by atoms with Crippen LogP contribution in [-0.2, 0) is 0 Å². The molecule has 0 spiro atoms. The topological polar surface area (TPSA) is 67.8 Å². The minimum atomic E-state index is -0.543. The van der Waals surface area contributed by atoms with Gasteiger partial charge in [0, 0.05) is 6.20 Å². The number of hydrogen-bond acceptors (Lipinski definition) is 3. The number of halogens is 1. The number of hydrogen-bond donors (Lipinski definition) is 1. The van der Waals surface area contributed by atoms with E-state index in [2.05, 4.69) is 9.97 Å². The van der Waals surface area contributed by atoms with Crippen LogP contribution in [0.5, 0.6) is 0 Å². The second-order valence-corrected chi connectivity index (χ2v) is 4.35. The molecule has 0 aliphatic rings. The molecule has 3 rings (SSSR count). The Hall–Kier alpha value is -2.40. The molecule has 0 amide bonds. The number of benzene rings is 1. The summed E-state index contributed by atoms with van der Waals surface area (Å²) in [6, 6.07) is 8.20. The molecule has 0 aliphatic heterocycles. The van der Waals surface area contributed by atoms with Crippen LogP contribution < -0.4 is 11.2 Å². The smallest absolute Gasteiger partial charge is 0.305 e. The molecule has 2 aromatic heterocycles. The number of pyridine rings is 1. The van der Waals surface area contributed by atoms with Gasteiger partial charge in [0.15, 0.2) is 0 Å². The summed E-state index contributed by atoms with van der Waals surface area (Å²) in [5.41, 5.74) is -0.206. The molecule has 0 unspecified atom stereocenters. The lowest BCUT2D eigenvalue weighted by molar-refractivity contribution is 0.895. The van der Waals surface area contributed by atoms with Crippen LogP contribution in [0.2, 0.25) is 5.02 Å².